The molecular weight excluding hydrogens is 470 g/mol. The Balaban J connectivity index is 1.54. The van der Waals surface area contributed by atoms with E-state index >= 15 is 0 Å². The molecule has 1 atom stereocenters. The summed E-state index contributed by atoms with van der Waals surface area (Å²) in [7, 11) is -3.86. The zero-order valence-corrected chi connectivity index (χ0v) is 20.2. The predicted molar refractivity (Wildman–Crippen MR) is 132 cm³/mol. The standard InChI is InChI=1S/C23H29N7O4S/c1-2-18(13-31)27-23-28-21(25-12-16-7-4-3-5-8-16)20-22(29-23)30(15-26-20)10-6-9-17-11-19(34-14-17)35(24,32)33/h3-5,7-8,11,14-15,18,31H,2,6,9-10,12-13H2,1H3,(H2,24,32,33)(H2,25,27,28,29)/t18-/m1/s1. The average molecular weight is 500 g/mol. The highest BCUT2D eigenvalue weighted by atomic mass is 32.2. The highest BCUT2D eigenvalue weighted by Gasteiger charge is 2.16. The largest absolute Gasteiger partial charge is 0.451 e. The number of rotatable bonds is 12. The fraction of sp³-hybridized carbons (Fsp3) is 0.348. The Kier molecular flexibility index (Phi) is 7.63. The number of sulfonamides is 1. The number of primary sulfonamides is 1. The van der Waals surface area contributed by atoms with Crippen LogP contribution in [0.15, 0.2) is 58.5 Å². The first-order valence-corrected chi connectivity index (χ1v) is 12.9. The first kappa shape index (κ1) is 24.6. The molecule has 5 N–H and O–H groups in total. The van der Waals surface area contributed by atoms with Gasteiger partial charge in [0.25, 0.3) is 10.0 Å². The molecule has 0 amide bonds. The second kappa shape index (κ2) is 10.8. The molecule has 0 unspecified atom stereocenters. The van der Waals surface area contributed by atoms with Crippen molar-refractivity contribution in [1.29, 1.82) is 0 Å². The number of fused-ring (bicyclic) bond motifs is 1. The minimum Gasteiger partial charge on any atom is -0.451 e. The van der Waals surface area contributed by atoms with E-state index in [1.807, 2.05) is 41.8 Å². The van der Waals surface area contributed by atoms with Crippen molar-refractivity contribution < 1.29 is 17.9 Å². The lowest BCUT2D eigenvalue weighted by Crippen LogP contribution is -2.24. The predicted octanol–water partition coefficient (Wildman–Crippen LogP) is 2.49. The first-order valence-electron chi connectivity index (χ1n) is 11.4. The van der Waals surface area contributed by atoms with E-state index in [0.29, 0.717) is 48.9 Å². The number of aliphatic hydroxyl groups is 1. The Labute approximate surface area is 203 Å². The summed E-state index contributed by atoms with van der Waals surface area (Å²) in [6.07, 6.45) is 5.13. The molecule has 4 rings (SSSR count). The number of imidazole rings is 1. The topological polar surface area (TPSA) is 161 Å². The van der Waals surface area contributed by atoms with Crippen molar-refractivity contribution in [1.82, 2.24) is 19.5 Å². The van der Waals surface area contributed by atoms with E-state index in [0.717, 1.165) is 17.5 Å². The van der Waals surface area contributed by atoms with Crippen LogP contribution in [0.2, 0.25) is 0 Å². The summed E-state index contributed by atoms with van der Waals surface area (Å²) >= 11 is 0. The quantitative estimate of drug-likeness (QED) is 0.229. The van der Waals surface area contributed by atoms with Crippen molar-refractivity contribution in [3.63, 3.8) is 0 Å². The van der Waals surface area contributed by atoms with Crippen LogP contribution in [0.5, 0.6) is 0 Å². The molecule has 0 aliphatic heterocycles. The molecule has 1 aromatic carbocycles. The second-order valence-electron chi connectivity index (χ2n) is 8.20. The SMILES string of the molecule is CC[C@H](CO)Nc1nc(NCc2ccccc2)c2ncn(CCCc3coc(S(N)(=O)=O)c3)c2n1. The van der Waals surface area contributed by atoms with E-state index in [-0.39, 0.29) is 17.7 Å². The van der Waals surface area contributed by atoms with Crippen LogP contribution in [0.3, 0.4) is 0 Å². The number of aryl methyl sites for hydroxylation is 2. The molecule has 0 aliphatic rings. The summed E-state index contributed by atoms with van der Waals surface area (Å²) in [6.45, 7) is 3.11. The number of nitrogens with two attached hydrogens (primary N) is 1. The van der Waals surface area contributed by atoms with Gasteiger partial charge < -0.3 is 24.7 Å². The van der Waals surface area contributed by atoms with Crippen LogP contribution in [0.25, 0.3) is 11.2 Å². The van der Waals surface area contributed by atoms with Crippen molar-refractivity contribution in [2.75, 3.05) is 17.2 Å². The van der Waals surface area contributed by atoms with Gasteiger partial charge in [-0.2, -0.15) is 9.97 Å². The van der Waals surface area contributed by atoms with Crippen LogP contribution < -0.4 is 15.8 Å². The smallest absolute Gasteiger partial charge is 0.271 e. The number of benzene rings is 1. The van der Waals surface area contributed by atoms with Gasteiger partial charge in [0.15, 0.2) is 17.0 Å². The van der Waals surface area contributed by atoms with Crippen LogP contribution in [-0.2, 0) is 29.5 Å². The first-order chi connectivity index (χ1) is 16.9. The van der Waals surface area contributed by atoms with Gasteiger partial charge in [0.2, 0.25) is 11.0 Å². The summed E-state index contributed by atoms with van der Waals surface area (Å²) in [4.78, 5) is 13.8. The average Bonchev–Trinajstić information content (AvgIpc) is 3.49. The lowest BCUT2D eigenvalue weighted by Gasteiger charge is -2.15. The van der Waals surface area contributed by atoms with Crippen molar-refractivity contribution in [3.8, 4) is 0 Å². The van der Waals surface area contributed by atoms with Crippen molar-refractivity contribution in [2.45, 2.75) is 50.4 Å². The third-order valence-corrected chi connectivity index (χ3v) is 6.36. The van der Waals surface area contributed by atoms with Crippen molar-refractivity contribution in [3.05, 3.63) is 60.1 Å². The molecule has 4 aromatic rings. The Hall–Kier alpha value is -3.48. The lowest BCUT2D eigenvalue weighted by molar-refractivity contribution is 0.271. The van der Waals surface area contributed by atoms with Crippen LogP contribution in [-0.4, -0.2) is 45.7 Å². The maximum atomic E-state index is 11.4. The third kappa shape index (κ3) is 6.15. The van der Waals surface area contributed by atoms with Gasteiger partial charge in [-0.05, 0) is 30.4 Å². The van der Waals surface area contributed by atoms with E-state index in [1.165, 1.54) is 12.3 Å². The number of furan rings is 1. The van der Waals surface area contributed by atoms with E-state index < -0.39 is 10.0 Å². The summed E-state index contributed by atoms with van der Waals surface area (Å²) in [5.74, 6) is 1.00. The molecule has 0 aliphatic carbocycles. The maximum Gasteiger partial charge on any atom is 0.271 e. The number of aliphatic hydroxyl groups excluding tert-OH is 1. The minimum atomic E-state index is -3.86. The Morgan fingerprint density at radius 1 is 1.20 bits per heavy atom. The van der Waals surface area contributed by atoms with E-state index in [1.54, 1.807) is 6.33 Å². The Bertz CT molecular complexity index is 1370. The summed E-state index contributed by atoms with van der Waals surface area (Å²) in [5, 5.41) is 21.0. The number of hydrogen-bond donors (Lipinski definition) is 4. The number of aromatic nitrogens is 4. The zero-order chi connectivity index (χ0) is 24.8. The lowest BCUT2D eigenvalue weighted by atomic mass is 10.2. The molecule has 0 bridgehead atoms. The third-order valence-electron chi connectivity index (χ3n) is 5.59. The fourth-order valence-corrected chi connectivity index (χ4v) is 4.12. The summed E-state index contributed by atoms with van der Waals surface area (Å²) in [6, 6.07) is 11.3. The van der Waals surface area contributed by atoms with Gasteiger partial charge in [-0.25, -0.2) is 18.5 Å². The summed E-state index contributed by atoms with van der Waals surface area (Å²) < 4.78 is 29.8. The van der Waals surface area contributed by atoms with E-state index in [4.69, 9.17) is 9.56 Å². The molecule has 35 heavy (non-hydrogen) atoms. The monoisotopic (exact) mass is 499 g/mol. The molecule has 0 fully saturated rings. The number of nitrogens with zero attached hydrogens (tertiary/aromatic N) is 4. The van der Waals surface area contributed by atoms with Gasteiger partial charge in [-0.3, -0.25) is 0 Å². The van der Waals surface area contributed by atoms with E-state index in [9.17, 15) is 13.5 Å². The van der Waals surface area contributed by atoms with Crippen LogP contribution in [0, 0.1) is 0 Å². The molecule has 0 saturated heterocycles. The Morgan fingerprint density at radius 3 is 2.69 bits per heavy atom. The number of anilines is 2. The van der Waals surface area contributed by atoms with Crippen LogP contribution in [0.4, 0.5) is 11.8 Å². The molecule has 12 heteroatoms. The molecular formula is C23H29N7O4S. The van der Waals surface area contributed by atoms with Crippen molar-refractivity contribution >= 4 is 33.0 Å². The molecule has 3 aromatic heterocycles. The van der Waals surface area contributed by atoms with Gasteiger partial charge in [0.1, 0.15) is 0 Å². The van der Waals surface area contributed by atoms with Gasteiger partial charge in [-0.1, -0.05) is 37.3 Å². The molecule has 0 saturated carbocycles. The van der Waals surface area contributed by atoms with Gasteiger partial charge in [0, 0.05) is 19.2 Å². The maximum absolute atomic E-state index is 11.4. The summed E-state index contributed by atoms with van der Waals surface area (Å²) in [5.41, 5.74) is 3.15. The zero-order valence-electron chi connectivity index (χ0n) is 19.4. The number of hydrogen-bond acceptors (Lipinski definition) is 9. The second-order valence-corrected chi connectivity index (χ2v) is 9.69. The fourth-order valence-electron chi connectivity index (χ4n) is 3.62. The Morgan fingerprint density at radius 2 is 2.00 bits per heavy atom. The van der Waals surface area contributed by atoms with Gasteiger partial charge >= 0.3 is 0 Å². The van der Waals surface area contributed by atoms with E-state index in [2.05, 4.69) is 25.6 Å². The molecule has 0 radical (unpaired) electrons. The molecule has 0 spiro atoms. The normalized spacial score (nSPS) is 12.7. The molecule has 3 heterocycles. The molecule has 186 valence electrons. The van der Waals surface area contributed by atoms with Crippen LogP contribution in [0.1, 0.15) is 30.9 Å². The minimum absolute atomic E-state index is 0.0326. The highest BCUT2D eigenvalue weighted by Crippen LogP contribution is 2.23. The van der Waals surface area contributed by atoms with Gasteiger partial charge in [-0.15, -0.1) is 0 Å². The highest BCUT2D eigenvalue weighted by molar-refractivity contribution is 7.89. The van der Waals surface area contributed by atoms with Crippen LogP contribution >= 0.6 is 0 Å². The number of nitrogens with one attached hydrogen (secondary N) is 2. The van der Waals surface area contributed by atoms with Crippen molar-refractivity contribution in [2.24, 2.45) is 5.14 Å². The van der Waals surface area contributed by atoms with Gasteiger partial charge in [0.05, 0.1) is 25.2 Å². The molecule has 11 nitrogen and oxygen atoms in total.